The molecule has 51 heavy (non-hydrogen) atoms. The van der Waals surface area contributed by atoms with Gasteiger partial charge in [0.15, 0.2) is 0 Å². The fraction of sp³-hybridized carbons (Fsp3) is 0.300. The van der Waals surface area contributed by atoms with Crippen LogP contribution in [0.5, 0.6) is 5.75 Å². The predicted octanol–water partition coefficient (Wildman–Crippen LogP) is 6.49. The summed E-state index contributed by atoms with van der Waals surface area (Å²) in [6.45, 7) is 4.79. The van der Waals surface area contributed by atoms with E-state index in [1.165, 1.54) is 40.8 Å². The van der Waals surface area contributed by atoms with Gasteiger partial charge in [-0.25, -0.2) is 8.78 Å². The van der Waals surface area contributed by atoms with Crippen molar-refractivity contribution in [3.05, 3.63) is 125 Å². The summed E-state index contributed by atoms with van der Waals surface area (Å²) in [5.41, 5.74) is 5.05. The number of nitrogens with zero attached hydrogens (tertiary/aromatic N) is 5. The lowest BCUT2D eigenvalue weighted by atomic mass is 9.92. The van der Waals surface area contributed by atoms with Gasteiger partial charge in [-0.1, -0.05) is 24.3 Å². The fourth-order valence-corrected chi connectivity index (χ4v) is 7.32. The average Bonchev–Trinajstić information content (AvgIpc) is 3.71. The van der Waals surface area contributed by atoms with Crippen LogP contribution in [0.1, 0.15) is 37.5 Å². The second kappa shape index (κ2) is 14.5. The molecule has 1 fully saturated rings. The number of fused-ring (bicyclic) bond motifs is 1. The third-order valence-electron chi connectivity index (χ3n) is 9.97. The molecule has 5 aromatic rings. The van der Waals surface area contributed by atoms with Crippen molar-refractivity contribution in [2.45, 2.75) is 32.5 Å². The van der Waals surface area contributed by atoms with Crippen molar-refractivity contribution in [2.75, 3.05) is 44.4 Å². The van der Waals surface area contributed by atoms with Crippen LogP contribution in [0.25, 0.3) is 11.3 Å². The van der Waals surface area contributed by atoms with E-state index in [1.54, 1.807) is 42.0 Å². The SMILES string of the molecule is Cc1c(C(=O)N(c2ccc(O)cc2)c2ccn(C)c2)cc(-c2cc(F)ccc2C(=O)N2Cc3ccccc3C[C@H]2CN2CCOCC2)n1CCF. The van der Waals surface area contributed by atoms with Crippen molar-refractivity contribution in [1.29, 1.82) is 0 Å². The zero-order chi connectivity index (χ0) is 35.6. The molecule has 2 aliphatic heterocycles. The molecule has 1 atom stereocenters. The number of carbonyl (C=O) groups excluding carboxylic acids is 2. The molecule has 1 N–H and O–H groups in total. The molecule has 2 aliphatic rings. The molecule has 1 saturated heterocycles. The maximum atomic E-state index is 15.2. The van der Waals surface area contributed by atoms with Crippen LogP contribution in [-0.4, -0.2) is 81.4 Å². The summed E-state index contributed by atoms with van der Waals surface area (Å²) < 4.78 is 38.5. The molecule has 0 radical (unpaired) electrons. The monoisotopic (exact) mass is 693 g/mol. The van der Waals surface area contributed by atoms with Gasteiger partial charge in [0.1, 0.15) is 18.2 Å². The predicted molar refractivity (Wildman–Crippen MR) is 192 cm³/mol. The number of amides is 2. The smallest absolute Gasteiger partial charge is 0.264 e. The Bertz CT molecular complexity index is 2050. The maximum Gasteiger partial charge on any atom is 0.264 e. The van der Waals surface area contributed by atoms with Gasteiger partial charge in [-0.15, -0.1) is 0 Å². The van der Waals surface area contributed by atoms with Gasteiger partial charge in [-0.2, -0.15) is 0 Å². The molecular weight excluding hydrogens is 652 g/mol. The molecule has 2 aromatic heterocycles. The summed E-state index contributed by atoms with van der Waals surface area (Å²) in [5, 5.41) is 9.96. The number of hydrogen-bond acceptors (Lipinski definition) is 5. The number of halogens is 2. The minimum absolute atomic E-state index is 0.0551. The van der Waals surface area contributed by atoms with Gasteiger partial charge in [0.25, 0.3) is 11.8 Å². The molecule has 11 heteroatoms. The first-order valence-electron chi connectivity index (χ1n) is 17.2. The van der Waals surface area contributed by atoms with Crippen LogP contribution in [0.4, 0.5) is 20.2 Å². The van der Waals surface area contributed by atoms with Gasteiger partial charge in [0.05, 0.1) is 36.7 Å². The number of aromatic hydroxyl groups is 1. The van der Waals surface area contributed by atoms with E-state index in [9.17, 15) is 19.1 Å². The number of morpholine rings is 1. The number of anilines is 2. The standard InChI is InChI=1S/C40H41F2N5O4/c1-27-36(40(50)47(32-13-15-43(2)25-32)31-8-10-34(48)11-9-31)23-38(45(27)16-14-41)37-22-30(42)7-12-35(37)39(49)46-24-29-6-4-3-5-28(29)21-33(46)26-44-17-19-51-20-18-44/h3-13,15,22-23,25,33,48H,14,16-21,24,26H2,1-2H3/t33-/m0/s1. The molecule has 0 bridgehead atoms. The molecule has 0 spiro atoms. The number of alkyl halides is 1. The highest BCUT2D eigenvalue weighted by atomic mass is 19.1. The minimum atomic E-state index is -0.736. The number of phenolic OH excluding ortho intramolecular Hbond substituents is 1. The van der Waals surface area contributed by atoms with Crippen LogP contribution in [0.3, 0.4) is 0 Å². The Kier molecular flexibility index (Phi) is 9.75. The number of aromatic nitrogens is 2. The quantitative estimate of drug-likeness (QED) is 0.191. The number of phenols is 1. The van der Waals surface area contributed by atoms with Crippen molar-refractivity contribution in [3.8, 4) is 17.0 Å². The molecule has 0 aliphatic carbocycles. The summed E-state index contributed by atoms with van der Waals surface area (Å²) in [7, 11) is 1.85. The lowest BCUT2D eigenvalue weighted by molar-refractivity contribution is 0.0193. The minimum Gasteiger partial charge on any atom is -0.508 e. The third-order valence-corrected chi connectivity index (χ3v) is 9.97. The van der Waals surface area contributed by atoms with Crippen LogP contribution in [0, 0.1) is 12.7 Å². The van der Waals surface area contributed by atoms with E-state index in [2.05, 4.69) is 11.0 Å². The van der Waals surface area contributed by atoms with Crippen LogP contribution in [-0.2, 0) is 31.3 Å². The Morgan fingerprint density at radius 2 is 1.69 bits per heavy atom. The van der Waals surface area contributed by atoms with Crippen molar-refractivity contribution in [2.24, 2.45) is 7.05 Å². The molecule has 7 rings (SSSR count). The van der Waals surface area contributed by atoms with Crippen molar-refractivity contribution in [3.63, 3.8) is 0 Å². The van der Waals surface area contributed by atoms with E-state index in [0.29, 0.717) is 55.5 Å². The Hall–Kier alpha value is -5.26. The van der Waals surface area contributed by atoms with Crippen molar-refractivity contribution < 1.29 is 28.2 Å². The molecule has 2 amide bonds. The number of carbonyl (C=O) groups is 2. The Balaban J connectivity index is 1.30. The first kappa shape index (κ1) is 34.2. The van der Waals surface area contributed by atoms with Gasteiger partial charge >= 0.3 is 0 Å². The Labute approximate surface area is 295 Å². The van der Waals surface area contributed by atoms with E-state index in [4.69, 9.17) is 4.74 Å². The van der Waals surface area contributed by atoms with Crippen molar-refractivity contribution in [1.82, 2.24) is 18.9 Å². The van der Waals surface area contributed by atoms with Crippen LogP contribution in [0.2, 0.25) is 0 Å². The normalized spacial score (nSPS) is 16.2. The van der Waals surface area contributed by atoms with Gasteiger partial charge < -0.3 is 23.9 Å². The van der Waals surface area contributed by atoms with Crippen LogP contribution >= 0.6 is 0 Å². The topological polar surface area (TPSA) is 83.2 Å². The second-order valence-corrected chi connectivity index (χ2v) is 13.2. The third kappa shape index (κ3) is 6.91. The molecule has 3 aromatic carbocycles. The lowest BCUT2D eigenvalue weighted by Crippen LogP contribution is -2.52. The molecule has 4 heterocycles. The van der Waals surface area contributed by atoms with E-state index < -0.39 is 18.4 Å². The van der Waals surface area contributed by atoms with Gasteiger partial charge in [-0.3, -0.25) is 19.4 Å². The van der Waals surface area contributed by atoms with Gasteiger partial charge in [0, 0.05) is 74.2 Å². The average molecular weight is 694 g/mol. The van der Waals surface area contributed by atoms with Gasteiger partial charge in [0.2, 0.25) is 0 Å². The number of hydrogen-bond donors (Lipinski definition) is 1. The van der Waals surface area contributed by atoms with Crippen LogP contribution < -0.4 is 4.90 Å². The summed E-state index contributed by atoms with van der Waals surface area (Å²) in [5.74, 6) is -1.15. The number of aryl methyl sites for hydroxylation is 1. The van der Waals surface area contributed by atoms with Gasteiger partial charge in [-0.05, 0) is 79.1 Å². The van der Waals surface area contributed by atoms with Crippen molar-refractivity contribution >= 4 is 23.2 Å². The summed E-state index contributed by atoms with van der Waals surface area (Å²) in [6, 6.07) is 21.8. The van der Waals surface area contributed by atoms with E-state index >= 15 is 4.39 Å². The molecule has 264 valence electrons. The lowest BCUT2D eigenvalue weighted by Gasteiger charge is -2.40. The Morgan fingerprint density at radius 3 is 2.39 bits per heavy atom. The highest BCUT2D eigenvalue weighted by molar-refractivity contribution is 6.12. The molecule has 0 unspecified atom stereocenters. The van der Waals surface area contributed by atoms with E-state index in [-0.39, 0.29) is 40.9 Å². The highest BCUT2D eigenvalue weighted by Crippen LogP contribution is 2.36. The van der Waals surface area contributed by atoms with E-state index in [1.807, 2.05) is 40.9 Å². The van der Waals surface area contributed by atoms with E-state index in [0.717, 1.165) is 18.7 Å². The largest absolute Gasteiger partial charge is 0.508 e. The first-order valence-corrected chi connectivity index (χ1v) is 17.2. The highest BCUT2D eigenvalue weighted by Gasteiger charge is 2.34. The second-order valence-electron chi connectivity index (χ2n) is 13.2. The first-order chi connectivity index (χ1) is 24.7. The fourth-order valence-electron chi connectivity index (χ4n) is 7.32. The zero-order valence-electron chi connectivity index (χ0n) is 28.8. The Morgan fingerprint density at radius 1 is 0.941 bits per heavy atom. The summed E-state index contributed by atoms with van der Waals surface area (Å²) in [6.07, 6.45) is 4.30. The maximum absolute atomic E-state index is 15.2. The number of rotatable bonds is 9. The molecular formula is C40H41F2N5O4. The summed E-state index contributed by atoms with van der Waals surface area (Å²) >= 11 is 0. The number of benzene rings is 3. The molecule has 0 saturated carbocycles. The summed E-state index contributed by atoms with van der Waals surface area (Å²) in [4.78, 5) is 35.0. The van der Waals surface area contributed by atoms with Crippen LogP contribution in [0.15, 0.2) is 91.3 Å². The number of ether oxygens (including phenoxy) is 1. The zero-order valence-corrected chi connectivity index (χ0v) is 28.8. The molecule has 9 nitrogen and oxygen atoms in total.